The number of rotatable bonds is 3. The first-order valence-corrected chi connectivity index (χ1v) is 8.14. The molecule has 21 heavy (non-hydrogen) atoms. The van der Waals surface area contributed by atoms with E-state index < -0.39 is 0 Å². The van der Waals surface area contributed by atoms with Crippen molar-refractivity contribution >= 4 is 5.69 Å². The van der Waals surface area contributed by atoms with Crippen molar-refractivity contribution in [2.45, 2.75) is 38.7 Å². The van der Waals surface area contributed by atoms with E-state index in [1.807, 2.05) is 0 Å². The van der Waals surface area contributed by atoms with Gasteiger partial charge in [0.15, 0.2) is 0 Å². The van der Waals surface area contributed by atoms with E-state index in [-0.39, 0.29) is 11.9 Å². The molecule has 2 aliphatic rings. The van der Waals surface area contributed by atoms with Gasteiger partial charge >= 0.3 is 0 Å². The molecule has 0 atom stereocenters. The van der Waals surface area contributed by atoms with E-state index >= 15 is 0 Å². The number of nitrogens with one attached hydrogen (secondary N) is 1. The monoisotopic (exact) mass is 292 g/mol. The van der Waals surface area contributed by atoms with Crippen LogP contribution in [0.3, 0.4) is 0 Å². The van der Waals surface area contributed by atoms with Gasteiger partial charge in [-0.1, -0.05) is 6.92 Å². The highest BCUT2D eigenvalue weighted by atomic mass is 19.1. The summed E-state index contributed by atoms with van der Waals surface area (Å²) < 4.78 is 19.8. The Morgan fingerprint density at radius 1 is 1.14 bits per heavy atom. The second kappa shape index (κ2) is 6.65. The second-order valence-corrected chi connectivity index (χ2v) is 6.35. The second-order valence-electron chi connectivity index (χ2n) is 6.35. The van der Waals surface area contributed by atoms with Gasteiger partial charge in [-0.25, -0.2) is 4.39 Å². The first-order valence-electron chi connectivity index (χ1n) is 8.14. The molecule has 4 heteroatoms. The van der Waals surface area contributed by atoms with E-state index in [4.69, 9.17) is 4.74 Å². The fraction of sp³-hybridized carbons (Fsp3) is 0.647. The maximum absolute atomic E-state index is 13.6. The summed E-state index contributed by atoms with van der Waals surface area (Å²) in [6, 6.07) is 4.92. The lowest BCUT2D eigenvalue weighted by Crippen LogP contribution is -2.43. The van der Waals surface area contributed by atoms with Gasteiger partial charge in [-0.3, -0.25) is 0 Å². The lowest BCUT2D eigenvalue weighted by atomic mass is 9.89. The number of hydrogen-bond acceptors (Lipinski definition) is 3. The maximum atomic E-state index is 13.6. The first kappa shape index (κ1) is 14.6. The highest BCUT2D eigenvalue weighted by Gasteiger charge is 2.22. The third kappa shape index (κ3) is 3.67. The van der Waals surface area contributed by atoms with Crippen molar-refractivity contribution < 1.29 is 9.13 Å². The van der Waals surface area contributed by atoms with E-state index in [0.717, 1.165) is 56.4 Å². The van der Waals surface area contributed by atoms with Gasteiger partial charge in [0.05, 0.1) is 11.8 Å². The minimum atomic E-state index is -0.187. The zero-order chi connectivity index (χ0) is 14.7. The van der Waals surface area contributed by atoms with E-state index in [1.54, 1.807) is 12.1 Å². The molecule has 116 valence electrons. The molecule has 3 rings (SSSR count). The summed E-state index contributed by atoms with van der Waals surface area (Å²) in [6.45, 7) is 6.00. The standard InChI is InChI=1S/C17H25FN2O/c1-13-2-5-15(6-3-13)21-17-7-4-14(18)12-16(17)20-10-8-19-9-11-20/h4,7,12-13,15,19H,2-3,5-6,8-11H2,1H3. The summed E-state index contributed by atoms with van der Waals surface area (Å²) in [5.74, 6) is 1.47. The molecule has 1 aliphatic heterocycles. The molecule has 0 aromatic heterocycles. The molecule has 1 saturated heterocycles. The highest BCUT2D eigenvalue weighted by Crippen LogP contribution is 2.33. The van der Waals surface area contributed by atoms with E-state index in [1.165, 1.54) is 18.9 Å². The predicted octanol–water partition coefficient (Wildman–Crippen LogP) is 3.19. The molecule has 2 fully saturated rings. The number of hydrogen-bond donors (Lipinski definition) is 1. The topological polar surface area (TPSA) is 24.5 Å². The van der Waals surface area contributed by atoms with E-state index in [9.17, 15) is 4.39 Å². The van der Waals surface area contributed by atoms with Crippen LogP contribution in [0, 0.1) is 11.7 Å². The third-order valence-corrected chi connectivity index (χ3v) is 4.64. The van der Waals surface area contributed by atoms with Crippen LogP contribution in [-0.4, -0.2) is 32.3 Å². The summed E-state index contributed by atoms with van der Waals surface area (Å²) >= 11 is 0. The van der Waals surface area contributed by atoms with Crippen LogP contribution in [0.2, 0.25) is 0 Å². The summed E-state index contributed by atoms with van der Waals surface area (Å²) in [6.07, 6.45) is 4.97. The SMILES string of the molecule is CC1CCC(Oc2ccc(F)cc2N2CCNCC2)CC1. The lowest BCUT2D eigenvalue weighted by Gasteiger charge is -2.33. The van der Waals surface area contributed by atoms with Gasteiger partial charge in [0, 0.05) is 32.2 Å². The van der Waals surface area contributed by atoms with Crippen molar-refractivity contribution in [3.63, 3.8) is 0 Å². The van der Waals surface area contributed by atoms with E-state index in [2.05, 4.69) is 17.1 Å². The Bertz CT molecular complexity index is 466. The molecule has 1 N–H and O–H groups in total. The van der Waals surface area contributed by atoms with Gasteiger partial charge in [-0.2, -0.15) is 0 Å². The molecule has 1 saturated carbocycles. The average Bonchev–Trinajstić information content (AvgIpc) is 2.52. The predicted molar refractivity (Wildman–Crippen MR) is 83.5 cm³/mol. The molecule has 1 aliphatic carbocycles. The number of benzene rings is 1. The minimum absolute atomic E-state index is 0.187. The van der Waals surface area contributed by atoms with Crippen LogP contribution in [-0.2, 0) is 0 Å². The van der Waals surface area contributed by atoms with Gasteiger partial charge in [0.25, 0.3) is 0 Å². The number of nitrogens with zero attached hydrogens (tertiary/aromatic N) is 1. The number of piperazine rings is 1. The molecule has 0 spiro atoms. The van der Waals surface area contributed by atoms with E-state index in [0.29, 0.717) is 0 Å². The number of anilines is 1. The van der Waals surface area contributed by atoms with Crippen molar-refractivity contribution in [1.82, 2.24) is 5.32 Å². The molecular formula is C17H25FN2O. The smallest absolute Gasteiger partial charge is 0.143 e. The van der Waals surface area contributed by atoms with Gasteiger partial charge in [-0.05, 0) is 43.7 Å². The zero-order valence-electron chi connectivity index (χ0n) is 12.8. The molecular weight excluding hydrogens is 267 g/mol. The minimum Gasteiger partial charge on any atom is -0.488 e. The van der Waals surface area contributed by atoms with Gasteiger partial charge < -0.3 is 15.0 Å². The summed E-state index contributed by atoms with van der Waals surface area (Å²) in [5, 5.41) is 3.33. The average molecular weight is 292 g/mol. The fourth-order valence-corrected chi connectivity index (χ4v) is 3.27. The Kier molecular flexibility index (Phi) is 4.63. The quantitative estimate of drug-likeness (QED) is 0.926. The van der Waals surface area contributed by atoms with Crippen molar-refractivity contribution in [1.29, 1.82) is 0 Å². The molecule has 1 aromatic rings. The highest BCUT2D eigenvalue weighted by molar-refractivity contribution is 5.59. The normalized spacial score (nSPS) is 26.7. The number of ether oxygens (including phenoxy) is 1. The summed E-state index contributed by atoms with van der Waals surface area (Å²) in [5.41, 5.74) is 0.912. The Labute approximate surface area is 126 Å². The van der Waals surface area contributed by atoms with Crippen LogP contribution in [0.4, 0.5) is 10.1 Å². The Balaban J connectivity index is 1.74. The fourth-order valence-electron chi connectivity index (χ4n) is 3.27. The van der Waals surface area contributed by atoms with Crippen LogP contribution in [0.15, 0.2) is 18.2 Å². The molecule has 0 unspecified atom stereocenters. The van der Waals surface area contributed by atoms with Crippen molar-refractivity contribution in [3.05, 3.63) is 24.0 Å². The molecule has 0 amide bonds. The van der Waals surface area contributed by atoms with Crippen molar-refractivity contribution in [2.24, 2.45) is 5.92 Å². The van der Waals surface area contributed by atoms with Crippen LogP contribution in [0.1, 0.15) is 32.6 Å². The van der Waals surface area contributed by atoms with Gasteiger partial charge in [0.1, 0.15) is 11.6 Å². The lowest BCUT2D eigenvalue weighted by molar-refractivity contribution is 0.136. The van der Waals surface area contributed by atoms with Crippen LogP contribution < -0.4 is 15.0 Å². The molecule has 1 heterocycles. The van der Waals surface area contributed by atoms with Crippen LogP contribution in [0.5, 0.6) is 5.75 Å². The number of halogens is 1. The maximum Gasteiger partial charge on any atom is 0.143 e. The van der Waals surface area contributed by atoms with Crippen LogP contribution in [0.25, 0.3) is 0 Å². The van der Waals surface area contributed by atoms with Crippen molar-refractivity contribution in [2.75, 3.05) is 31.1 Å². The van der Waals surface area contributed by atoms with Crippen LogP contribution >= 0.6 is 0 Å². The van der Waals surface area contributed by atoms with Gasteiger partial charge in [-0.15, -0.1) is 0 Å². The molecule has 0 bridgehead atoms. The zero-order valence-corrected chi connectivity index (χ0v) is 12.8. The summed E-state index contributed by atoms with van der Waals surface area (Å²) in [4.78, 5) is 2.22. The molecule has 1 aromatic carbocycles. The Morgan fingerprint density at radius 3 is 2.57 bits per heavy atom. The Morgan fingerprint density at radius 2 is 1.86 bits per heavy atom. The van der Waals surface area contributed by atoms with Gasteiger partial charge in [0.2, 0.25) is 0 Å². The largest absolute Gasteiger partial charge is 0.488 e. The first-order chi connectivity index (χ1) is 10.2. The van der Waals surface area contributed by atoms with Crippen molar-refractivity contribution in [3.8, 4) is 5.75 Å². The third-order valence-electron chi connectivity index (χ3n) is 4.64. The molecule has 3 nitrogen and oxygen atoms in total. The summed E-state index contributed by atoms with van der Waals surface area (Å²) in [7, 11) is 0. The Hall–Kier alpha value is -1.29. The molecule has 0 radical (unpaired) electrons.